The smallest absolute Gasteiger partial charge is 0.309 e. The van der Waals surface area contributed by atoms with Crippen molar-refractivity contribution >= 4 is 5.97 Å². The van der Waals surface area contributed by atoms with Crippen LogP contribution in [0.1, 0.15) is 31.0 Å². The molecule has 114 valence electrons. The Hall–Kier alpha value is -2.13. The van der Waals surface area contributed by atoms with Crippen molar-refractivity contribution in [3.05, 3.63) is 71.8 Å². The Labute approximate surface area is 131 Å². The fourth-order valence-corrected chi connectivity index (χ4v) is 3.38. The summed E-state index contributed by atoms with van der Waals surface area (Å²) in [6, 6.07) is 20.7. The predicted molar refractivity (Wildman–Crippen MR) is 86.6 cm³/mol. The van der Waals surface area contributed by atoms with Crippen LogP contribution < -0.4 is 0 Å². The van der Waals surface area contributed by atoms with Crippen molar-refractivity contribution in [2.75, 3.05) is 6.54 Å². The van der Waals surface area contributed by atoms with Gasteiger partial charge in [0, 0.05) is 12.1 Å². The van der Waals surface area contributed by atoms with Gasteiger partial charge in [-0.05, 0) is 25.0 Å². The van der Waals surface area contributed by atoms with E-state index in [-0.39, 0.29) is 17.5 Å². The highest BCUT2D eigenvalue weighted by Gasteiger charge is 2.53. The van der Waals surface area contributed by atoms with Gasteiger partial charge in [-0.1, -0.05) is 60.7 Å². The van der Waals surface area contributed by atoms with E-state index >= 15 is 0 Å². The lowest BCUT2D eigenvalue weighted by molar-refractivity contribution is -0.164. The third-order valence-corrected chi connectivity index (χ3v) is 4.81. The maximum atomic E-state index is 11.4. The molecule has 0 saturated carbocycles. The fraction of sp³-hybridized carbons (Fsp3) is 0.316. The molecule has 1 N–H and O–H groups in total. The van der Waals surface area contributed by atoms with Crippen LogP contribution in [-0.4, -0.2) is 28.1 Å². The van der Waals surface area contributed by atoms with E-state index in [0.29, 0.717) is 6.54 Å². The highest BCUT2D eigenvalue weighted by atomic mass is 16.4. The predicted octanol–water partition coefficient (Wildman–Crippen LogP) is 3.57. The molecule has 0 bridgehead atoms. The molecule has 0 aliphatic carbocycles. The van der Waals surface area contributed by atoms with E-state index in [1.165, 1.54) is 11.1 Å². The van der Waals surface area contributed by atoms with Gasteiger partial charge in [-0.2, -0.15) is 0 Å². The Morgan fingerprint density at radius 3 is 1.86 bits per heavy atom. The molecule has 0 amide bonds. The number of nitrogens with zero attached hydrogens (tertiary/aromatic N) is 1. The second-order valence-corrected chi connectivity index (χ2v) is 6.42. The first-order valence-electron chi connectivity index (χ1n) is 7.61. The summed E-state index contributed by atoms with van der Waals surface area (Å²) in [6.45, 7) is 4.62. The molecule has 1 fully saturated rings. The van der Waals surface area contributed by atoms with E-state index in [2.05, 4.69) is 29.2 Å². The van der Waals surface area contributed by atoms with Gasteiger partial charge >= 0.3 is 5.97 Å². The normalized spacial score (nSPS) is 20.6. The average molecular weight is 295 g/mol. The SMILES string of the molecule is CC1(C)[C@H](C(=O)O)CN1C(c1ccccc1)c1ccccc1. The zero-order chi connectivity index (χ0) is 15.7. The molecule has 1 atom stereocenters. The zero-order valence-corrected chi connectivity index (χ0v) is 12.9. The molecule has 3 nitrogen and oxygen atoms in total. The van der Waals surface area contributed by atoms with Crippen molar-refractivity contribution in [1.29, 1.82) is 0 Å². The number of carboxylic acids is 1. The highest BCUT2D eigenvalue weighted by Crippen LogP contribution is 2.45. The van der Waals surface area contributed by atoms with Gasteiger partial charge < -0.3 is 5.11 Å². The van der Waals surface area contributed by atoms with Gasteiger partial charge in [0.2, 0.25) is 0 Å². The first kappa shape index (κ1) is 14.8. The maximum Gasteiger partial charge on any atom is 0.309 e. The molecule has 0 spiro atoms. The minimum atomic E-state index is -0.707. The zero-order valence-electron chi connectivity index (χ0n) is 12.9. The molecule has 1 saturated heterocycles. The molecule has 0 aromatic heterocycles. The van der Waals surface area contributed by atoms with Crippen LogP contribution in [0.25, 0.3) is 0 Å². The molecule has 1 heterocycles. The third kappa shape index (κ3) is 2.42. The Morgan fingerprint density at radius 1 is 1.05 bits per heavy atom. The van der Waals surface area contributed by atoms with Crippen LogP contribution in [0.3, 0.4) is 0 Å². The van der Waals surface area contributed by atoms with Gasteiger partial charge in [0.25, 0.3) is 0 Å². The number of carbonyl (C=O) groups is 1. The van der Waals surface area contributed by atoms with Crippen LogP contribution in [0.4, 0.5) is 0 Å². The molecular weight excluding hydrogens is 274 g/mol. The Morgan fingerprint density at radius 2 is 1.50 bits per heavy atom. The van der Waals surface area contributed by atoms with E-state index in [9.17, 15) is 9.90 Å². The summed E-state index contributed by atoms with van der Waals surface area (Å²) in [5.41, 5.74) is 2.04. The van der Waals surface area contributed by atoms with Crippen molar-refractivity contribution in [3.8, 4) is 0 Å². The highest BCUT2D eigenvalue weighted by molar-refractivity contribution is 5.73. The molecule has 2 aromatic rings. The summed E-state index contributed by atoms with van der Waals surface area (Å²) in [5, 5.41) is 9.38. The summed E-state index contributed by atoms with van der Waals surface area (Å²) in [7, 11) is 0. The molecule has 22 heavy (non-hydrogen) atoms. The first-order chi connectivity index (χ1) is 10.5. The van der Waals surface area contributed by atoms with Crippen molar-refractivity contribution < 1.29 is 9.90 Å². The van der Waals surface area contributed by atoms with Crippen molar-refractivity contribution in [3.63, 3.8) is 0 Å². The van der Waals surface area contributed by atoms with E-state index in [4.69, 9.17) is 0 Å². The van der Waals surface area contributed by atoms with E-state index in [0.717, 1.165) is 0 Å². The summed E-state index contributed by atoms with van der Waals surface area (Å²) in [6.07, 6.45) is 0. The molecule has 0 radical (unpaired) electrons. The molecule has 2 aromatic carbocycles. The summed E-state index contributed by atoms with van der Waals surface area (Å²) in [4.78, 5) is 13.7. The lowest BCUT2D eigenvalue weighted by Crippen LogP contribution is -2.67. The van der Waals surface area contributed by atoms with Crippen LogP contribution in [-0.2, 0) is 4.79 Å². The van der Waals surface area contributed by atoms with E-state index < -0.39 is 5.97 Å². The van der Waals surface area contributed by atoms with Gasteiger partial charge in [-0.25, -0.2) is 0 Å². The van der Waals surface area contributed by atoms with Crippen LogP contribution in [0.5, 0.6) is 0 Å². The monoisotopic (exact) mass is 295 g/mol. The number of hydrogen-bond acceptors (Lipinski definition) is 2. The topological polar surface area (TPSA) is 40.5 Å². The Balaban J connectivity index is 2.00. The standard InChI is InChI=1S/C19H21NO2/c1-19(2)16(18(21)22)13-20(19)17(14-9-5-3-6-10-14)15-11-7-4-8-12-15/h3-12,16-17H,13H2,1-2H3,(H,21,22)/t16-/m0/s1. The van der Waals surface area contributed by atoms with Crippen LogP contribution >= 0.6 is 0 Å². The number of hydrogen-bond donors (Lipinski definition) is 1. The lowest BCUT2D eigenvalue weighted by Gasteiger charge is -2.56. The molecule has 1 aliphatic rings. The second-order valence-electron chi connectivity index (χ2n) is 6.42. The van der Waals surface area contributed by atoms with E-state index in [1.54, 1.807) is 0 Å². The quantitative estimate of drug-likeness (QED) is 0.937. The van der Waals surface area contributed by atoms with Crippen molar-refractivity contribution in [1.82, 2.24) is 4.90 Å². The second kappa shape index (κ2) is 5.58. The van der Waals surface area contributed by atoms with Gasteiger partial charge in [0.15, 0.2) is 0 Å². The van der Waals surface area contributed by atoms with Crippen molar-refractivity contribution in [2.45, 2.75) is 25.4 Å². The number of likely N-dealkylation sites (tertiary alicyclic amines) is 1. The van der Waals surface area contributed by atoms with Gasteiger partial charge in [-0.3, -0.25) is 9.69 Å². The Kier molecular flexibility index (Phi) is 3.75. The summed E-state index contributed by atoms with van der Waals surface area (Å²) in [5.74, 6) is -1.02. The van der Waals surface area contributed by atoms with E-state index in [1.807, 2.05) is 50.2 Å². The van der Waals surface area contributed by atoms with Crippen LogP contribution in [0, 0.1) is 5.92 Å². The van der Waals surface area contributed by atoms with Gasteiger partial charge in [0.05, 0.1) is 12.0 Å². The van der Waals surface area contributed by atoms with Gasteiger partial charge in [0.1, 0.15) is 0 Å². The lowest BCUT2D eigenvalue weighted by atomic mass is 9.74. The fourth-order valence-electron chi connectivity index (χ4n) is 3.38. The Bertz CT molecular complexity index is 612. The average Bonchev–Trinajstić information content (AvgIpc) is 2.52. The number of carboxylic acid groups (broad SMARTS) is 1. The molecule has 3 rings (SSSR count). The maximum absolute atomic E-state index is 11.4. The molecule has 1 aliphatic heterocycles. The largest absolute Gasteiger partial charge is 0.481 e. The molecular formula is C19H21NO2. The molecule has 0 unspecified atom stereocenters. The number of aliphatic carboxylic acids is 1. The number of rotatable bonds is 4. The summed E-state index contributed by atoms with van der Waals surface area (Å²) < 4.78 is 0. The third-order valence-electron chi connectivity index (χ3n) is 4.81. The minimum absolute atomic E-state index is 0.0907. The summed E-state index contributed by atoms with van der Waals surface area (Å²) >= 11 is 0. The van der Waals surface area contributed by atoms with Crippen LogP contribution in [0.15, 0.2) is 60.7 Å². The molecule has 3 heteroatoms. The minimum Gasteiger partial charge on any atom is -0.481 e. The van der Waals surface area contributed by atoms with Gasteiger partial charge in [-0.15, -0.1) is 0 Å². The van der Waals surface area contributed by atoms with Crippen LogP contribution in [0.2, 0.25) is 0 Å². The van der Waals surface area contributed by atoms with Crippen molar-refractivity contribution in [2.24, 2.45) is 5.92 Å². The number of benzene rings is 2. The first-order valence-corrected chi connectivity index (χ1v) is 7.61.